The predicted molar refractivity (Wildman–Crippen MR) is 116 cm³/mol. The van der Waals surface area contributed by atoms with Crippen molar-refractivity contribution in [1.82, 2.24) is 15.1 Å². The zero-order chi connectivity index (χ0) is 20.9. The number of aromatic nitrogens is 2. The summed E-state index contributed by atoms with van der Waals surface area (Å²) in [6, 6.07) is 16.9. The van der Waals surface area contributed by atoms with E-state index in [0.717, 1.165) is 35.6 Å². The molecule has 156 valence electrons. The van der Waals surface area contributed by atoms with Crippen LogP contribution in [0, 0.1) is 0 Å². The highest BCUT2D eigenvalue weighted by Crippen LogP contribution is 2.24. The van der Waals surface area contributed by atoms with Gasteiger partial charge < -0.3 is 14.4 Å². The zero-order valence-corrected chi connectivity index (χ0v) is 17.6. The lowest BCUT2D eigenvalue weighted by molar-refractivity contribution is 0.0590. The molecule has 7 heteroatoms. The summed E-state index contributed by atoms with van der Waals surface area (Å²) in [6.07, 6.45) is 1.67. The lowest BCUT2D eigenvalue weighted by Crippen LogP contribution is -2.41. The minimum atomic E-state index is -0.0374. The van der Waals surface area contributed by atoms with Gasteiger partial charge in [-0.25, -0.2) is 0 Å². The number of carbonyl (C=O) groups excluding carboxylic acids is 1. The van der Waals surface area contributed by atoms with Crippen LogP contribution in [0.25, 0.3) is 11.3 Å². The van der Waals surface area contributed by atoms with Crippen molar-refractivity contribution in [3.8, 4) is 22.8 Å². The monoisotopic (exact) mass is 425 g/mol. The fourth-order valence-electron chi connectivity index (χ4n) is 3.52. The van der Waals surface area contributed by atoms with Gasteiger partial charge in [-0.1, -0.05) is 11.6 Å². The van der Waals surface area contributed by atoms with Crippen molar-refractivity contribution in [3.05, 3.63) is 65.3 Å². The van der Waals surface area contributed by atoms with Crippen LogP contribution < -0.4 is 9.47 Å². The molecule has 1 aliphatic heterocycles. The molecular formula is C23H24ClN3O3. The molecule has 1 amide bonds. The molecule has 0 spiro atoms. The number of ether oxygens (including phenoxy) is 2. The Bertz CT molecular complexity index is 978. The Labute approximate surface area is 180 Å². The number of hydrogen-bond acceptors (Lipinski definition) is 4. The first-order valence-corrected chi connectivity index (χ1v) is 10.5. The third-order valence-corrected chi connectivity index (χ3v) is 5.37. The molecule has 0 unspecified atom stereocenters. The fraction of sp³-hybridized carbons (Fsp3) is 0.304. The Morgan fingerprint density at radius 3 is 2.43 bits per heavy atom. The number of aromatic amines is 1. The van der Waals surface area contributed by atoms with E-state index in [1.165, 1.54) is 0 Å². The third-order valence-electron chi connectivity index (χ3n) is 5.11. The molecule has 1 aliphatic rings. The van der Waals surface area contributed by atoms with E-state index in [1.54, 1.807) is 6.07 Å². The third kappa shape index (κ3) is 4.76. The van der Waals surface area contributed by atoms with Crippen LogP contribution >= 0.6 is 11.6 Å². The van der Waals surface area contributed by atoms with Crippen molar-refractivity contribution in [2.24, 2.45) is 0 Å². The zero-order valence-electron chi connectivity index (χ0n) is 16.8. The quantitative estimate of drug-likeness (QED) is 0.615. The van der Waals surface area contributed by atoms with Crippen molar-refractivity contribution >= 4 is 17.5 Å². The van der Waals surface area contributed by atoms with Gasteiger partial charge in [-0.2, -0.15) is 5.10 Å². The first-order chi connectivity index (χ1) is 14.6. The lowest BCUT2D eigenvalue weighted by Gasteiger charge is -2.31. The van der Waals surface area contributed by atoms with Crippen LogP contribution in [-0.2, 0) is 0 Å². The average Bonchev–Trinajstić information content (AvgIpc) is 3.26. The maximum Gasteiger partial charge on any atom is 0.271 e. The Morgan fingerprint density at radius 1 is 1.10 bits per heavy atom. The van der Waals surface area contributed by atoms with Crippen LogP contribution in [0.5, 0.6) is 11.5 Å². The van der Waals surface area contributed by atoms with Crippen molar-refractivity contribution < 1.29 is 14.3 Å². The molecule has 0 bridgehead atoms. The summed E-state index contributed by atoms with van der Waals surface area (Å²) in [5.41, 5.74) is 2.17. The summed E-state index contributed by atoms with van der Waals surface area (Å²) in [7, 11) is 0. The highest BCUT2D eigenvalue weighted by Gasteiger charge is 2.26. The van der Waals surface area contributed by atoms with E-state index in [-0.39, 0.29) is 12.0 Å². The average molecular weight is 426 g/mol. The molecule has 1 fully saturated rings. The number of nitrogens with one attached hydrogen (secondary N) is 1. The second-order valence-electron chi connectivity index (χ2n) is 7.19. The van der Waals surface area contributed by atoms with E-state index in [0.29, 0.717) is 30.4 Å². The molecule has 6 nitrogen and oxygen atoms in total. The first-order valence-electron chi connectivity index (χ1n) is 10.1. The predicted octanol–water partition coefficient (Wildman–Crippen LogP) is 4.81. The highest BCUT2D eigenvalue weighted by atomic mass is 35.5. The minimum absolute atomic E-state index is 0.0374. The molecule has 0 radical (unpaired) electrons. The van der Waals surface area contributed by atoms with Gasteiger partial charge in [0.05, 0.1) is 12.3 Å². The van der Waals surface area contributed by atoms with Crippen LogP contribution in [0.2, 0.25) is 5.02 Å². The van der Waals surface area contributed by atoms with E-state index in [9.17, 15) is 4.79 Å². The van der Waals surface area contributed by atoms with Crippen molar-refractivity contribution in [1.29, 1.82) is 0 Å². The van der Waals surface area contributed by atoms with Gasteiger partial charge in [0.1, 0.15) is 23.3 Å². The van der Waals surface area contributed by atoms with Gasteiger partial charge in [0.2, 0.25) is 0 Å². The maximum atomic E-state index is 12.9. The van der Waals surface area contributed by atoms with Gasteiger partial charge in [-0.15, -0.1) is 0 Å². The van der Waals surface area contributed by atoms with Crippen LogP contribution in [0.4, 0.5) is 0 Å². The van der Waals surface area contributed by atoms with Gasteiger partial charge >= 0.3 is 0 Å². The van der Waals surface area contributed by atoms with Crippen LogP contribution in [0.3, 0.4) is 0 Å². The van der Waals surface area contributed by atoms with E-state index >= 15 is 0 Å². The number of benzene rings is 2. The second-order valence-corrected chi connectivity index (χ2v) is 7.62. The second kappa shape index (κ2) is 9.22. The van der Waals surface area contributed by atoms with Crippen molar-refractivity contribution in [2.45, 2.75) is 25.9 Å². The van der Waals surface area contributed by atoms with E-state index in [2.05, 4.69) is 10.2 Å². The number of piperidine rings is 1. The summed E-state index contributed by atoms with van der Waals surface area (Å²) in [5, 5.41) is 7.88. The Balaban J connectivity index is 1.33. The van der Waals surface area contributed by atoms with Crippen LogP contribution in [0.15, 0.2) is 54.6 Å². The molecule has 4 rings (SSSR count). The molecule has 3 aromatic rings. The number of H-pyrrole nitrogens is 1. The van der Waals surface area contributed by atoms with Gasteiger partial charge in [0.15, 0.2) is 0 Å². The molecule has 0 saturated carbocycles. The largest absolute Gasteiger partial charge is 0.494 e. The Hall–Kier alpha value is -2.99. The van der Waals surface area contributed by atoms with Crippen molar-refractivity contribution in [2.75, 3.05) is 19.7 Å². The number of likely N-dealkylation sites (tertiary alicyclic amines) is 1. The molecule has 2 heterocycles. The van der Waals surface area contributed by atoms with Gasteiger partial charge in [-0.05, 0) is 61.5 Å². The first kappa shape index (κ1) is 20.3. The summed E-state index contributed by atoms with van der Waals surface area (Å²) >= 11 is 5.91. The summed E-state index contributed by atoms with van der Waals surface area (Å²) in [6.45, 7) is 3.87. The number of halogens is 1. The minimum Gasteiger partial charge on any atom is -0.494 e. The summed E-state index contributed by atoms with van der Waals surface area (Å²) < 4.78 is 11.5. The molecule has 0 aliphatic carbocycles. The maximum absolute atomic E-state index is 12.9. The number of carbonyl (C=O) groups is 1. The van der Waals surface area contributed by atoms with E-state index in [4.69, 9.17) is 21.1 Å². The lowest BCUT2D eigenvalue weighted by atomic mass is 10.1. The fourth-order valence-corrected chi connectivity index (χ4v) is 3.65. The molecular weight excluding hydrogens is 402 g/mol. The SMILES string of the molecule is CCOc1ccc(-c2cc(C(=O)N3CCC(Oc4ccc(Cl)cc4)CC3)[nH]n2)cc1. The van der Waals surface area contributed by atoms with Gasteiger partial charge in [0, 0.05) is 36.5 Å². The summed E-state index contributed by atoms with van der Waals surface area (Å²) in [4.78, 5) is 14.7. The Morgan fingerprint density at radius 2 is 1.77 bits per heavy atom. The molecule has 30 heavy (non-hydrogen) atoms. The highest BCUT2D eigenvalue weighted by molar-refractivity contribution is 6.30. The molecule has 1 aromatic heterocycles. The van der Waals surface area contributed by atoms with Gasteiger partial charge in [-0.3, -0.25) is 9.89 Å². The van der Waals surface area contributed by atoms with E-state index in [1.807, 2.05) is 60.4 Å². The molecule has 2 aromatic carbocycles. The van der Waals surface area contributed by atoms with Crippen LogP contribution in [-0.4, -0.2) is 46.8 Å². The standard InChI is InChI=1S/C23H24ClN3O3/c1-2-29-18-7-3-16(4-8-18)21-15-22(26-25-21)23(28)27-13-11-20(12-14-27)30-19-9-5-17(24)6-10-19/h3-10,15,20H,2,11-14H2,1H3,(H,25,26). The Kier molecular flexibility index (Phi) is 6.23. The number of rotatable bonds is 6. The molecule has 1 saturated heterocycles. The normalized spacial score (nSPS) is 14.5. The summed E-state index contributed by atoms with van der Waals surface area (Å²) in [5.74, 6) is 1.58. The van der Waals surface area contributed by atoms with Crippen molar-refractivity contribution in [3.63, 3.8) is 0 Å². The van der Waals surface area contributed by atoms with Gasteiger partial charge in [0.25, 0.3) is 5.91 Å². The van der Waals surface area contributed by atoms with Crippen LogP contribution in [0.1, 0.15) is 30.3 Å². The smallest absolute Gasteiger partial charge is 0.271 e. The molecule has 0 atom stereocenters. The number of nitrogens with zero attached hydrogens (tertiary/aromatic N) is 2. The molecule has 1 N–H and O–H groups in total. The topological polar surface area (TPSA) is 67.4 Å². The van der Waals surface area contributed by atoms with E-state index < -0.39 is 0 Å². The number of amides is 1. The number of hydrogen-bond donors (Lipinski definition) is 1.